The summed E-state index contributed by atoms with van der Waals surface area (Å²) in [6.07, 6.45) is 0. The van der Waals surface area contributed by atoms with Crippen molar-refractivity contribution in [1.29, 1.82) is 0 Å². The van der Waals surface area contributed by atoms with Crippen molar-refractivity contribution in [3.63, 3.8) is 0 Å². The van der Waals surface area contributed by atoms with Gasteiger partial charge in [0.2, 0.25) is 0 Å². The highest BCUT2D eigenvalue weighted by Gasteiger charge is 2.20. The van der Waals surface area contributed by atoms with Gasteiger partial charge in [0, 0.05) is 0 Å². The van der Waals surface area contributed by atoms with Crippen LogP contribution < -0.4 is 0 Å². The molecular formula is C6H7N3O2S2. The van der Waals surface area contributed by atoms with E-state index in [1.54, 1.807) is 13.8 Å². The van der Waals surface area contributed by atoms with Gasteiger partial charge in [0.25, 0.3) is 10.0 Å². The number of aromatic amines is 1. The van der Waals surface area contributed by atoms with Crippen LogP contribution in [0, 0.1) is 13.8 Å². The minimum absolute atomic E-state index is 0.0739. The molecule has 0 aromatic carbocycles. The summed E-state index contributed by atoms with van der Waals surface area (Å²) in [5.41, 5.74) is 0.831. The molecule has 70 valence electrons. The highest BCUT2D eigenvalue weighted by atomic mass is 32.2. The van der Waals surface area contributed by atoms with Crippen LogP contribution in [0.2, 0.25) is 0 Å². The van der Waals surface area contributed by atoms with Gasteiger partial charge in [-0.05, 0) is 26.1 Å². The van der Waals surface area contributed by atoms with E-state index in [0.717, 1.165) is 0 Å². The number of isothiocyanates is 1. The van der Waals surface area contributed by atoms with Crippen LogP contribution in [0.5, 0.6) is 0 Å². The SMILES string of the molecule is Cc1n[nH]c(C)c1S(=O)(=O)N=C=S. The molecule has 0 radical (unpaired) electrons. The Balaban J connectivity index is 3.46. The van der Waals surface area contributed by atoms with Crippen LogP contribution in [-0.4, -0.2) is 23.8 Å². The summed E-state index contributed by atoms with van der Waals surface area (Å²) in [6.45, 7) is 3.18. The molecule has 13 heavy (non-hydrogen) atoms. The predicted octanol–water partition coefficient (Wildman–Crippen LogP) is 0.818. The molecule has 0 unspecified atom stereocenters. The molecule has 0 spiro atoms. The lowest BCUT2D eigenvalue weighted by Gasteiger charge is -1.94. The summed E-state index contributed by atoms with van der Waals surface area (Å²) in [5.74, 6) is 0. The number of hydrogen-bond donors (Lipinski definition) is 1. The first-order chi connectivity index (χ1) is 5.99. The largest absolute Gasteiger partial charge is 0.294 e. The van der Waals surface area contributed by atoms with Gasteiger partial charge in [0.1, 0.15) is 4.90 Å². The van der Waals surface area contributed by atoms with Gasteiger partial charge in [0.05, 0.1) is 16.5 Å². The van der Waals surface area contributed by atoms with Crippen LogP contribution in [0.15, 0.2) is 9.29 Å². The van der Waals surface area contributed by atoms with E-state index in [1.807, 2.05) is 5.16 Å². The third-order valence-corrected chi connectivity index (χ3v) is 3.13. The number of H-pyrrole nitrogens is 1. The van der Waals surface area contributed by atoms with E-state index in [0.29, 0.717) is 11.4 Å². The Morgan fingerprint density at radius 1 is 1.54 bits per heavy atom. The Morgan fingerprint density at radius 3 is 2.54 bits per heavy atom. The molecule has 0 fully saturated rings. The summed E-state index contributed by atoms with van der Waals surface area (Å²) in [4.78, 5) is 0.0739. The van der Waals surface area contributed by atoms with E-state index in [9.17, 15) is 8.42 Å². The molecule has 0 saturated heterocycles. The van der Waals surface area contributed by atoms with Gasteiger partial charge in [-0.25, -0.2) is 0 Å². The zero-order chi connectivity index (χ0) is 10.1. The lowest BCUT2D eigenvalue weighted by molar-refractivity contribution is 0.597. The Hall–Kier alpha value is -1.04. The molecule has 5 nitrogen and oxygen atoms in total. The molecule has 0 bridgehead atoms. The zero-order valence-electron chi connectivity index (χ0n) is 7.03. The van der Waals surface area contributed by atoms with Gasteiger partial charge < -0.3 is 0 Å². The number of aryl methyl sites for hydroxylation is 2. The zero-order valence-corrected chi connectivity index (χ0v) is 8.66. The van der Waals surface area contributed by atoms with Crippen molar-refractivity contribution in [2.75, 3.05) is 0 Å². The second-order valence-electron chi connectivity index (χ2n) is 2.42. The molecular weight excluding hydrogens is 210 g/mol. The number of rotatable bonds is 2. The lowest BCUT2D eigenvalue weighted by atomic mass is 10.4. The Kier molecular flexibility index (Phi) is 2.60. The number of thiocarbonyl (C=S) groups is 1. The molecule has 0 aliphatic heterocycles. The van der Waals surface area contributed by atoms with E-state index >= 15 is 0 Å². The van der Waals surface area contributed by atoms with Crippen LogP contribution in [0.1, 0.15) is 11.4 Å². The topological polar surface area (TPSA) is 75.2 Å². The molecule has 1 heterocycles. The molecule has 0 aliphatic rings. The first-order valence-electron chi connectivity index (χ1n) is 3.34. The number of aromatic nitrogens is 2. The molecule has 1 aromatic rings. The minimum atomic E-state index is -3.71. The fourth-order valence-electron chi connectivity index (χ4n) is 1.02. The fourth-order valence-corrected chi connectivity index (χ4v) is 2.35. The van der Waals surface area contributed by atoms with Crippen molar-refractivity contribution < 1.29 is 8.42 Å². The van der Waals surface area contributed by atoms with E-state index in [-0.39, 0.29) is 4.90 Å². The van der Waals surface area contributed by atoms with E-state index in [1.165, 1.54) is 0 Å². The Morgan fingerprint density at radius 2 is 2.15 bits per heavy atom. The second-order valence-corrected chi connectivity index (χ2v) is 4.14. The number of nitrogens with one attached hydrogen (secondary N) is 1. The molecule has 1 aromatic heterocycles. The maximum Gasteiger partial charge on any atom is 0.294 e. The molecule has 1 rings (SSSR count). The average molecular weight is 217 g/mol. The van der Waals surface area contributed by atoms with Crippen molar-refractivity contribution in [3.05, 3.63) is 11.4 Å². The van der Waals surface area contributed by atoms with Gasteiger partial charge in [-0.15, -0.1) is 4.40 Å². The van der Waals surface area contributed by atoms with Gasteiger partial charge in [-0.3, -0.25) is 5.10 Å². The normalized spacial score (nSPS) is 10.9. The first kappa shape index (κ1) is 10.0. The third-order valence-electron chi connectivity index (χ3n) is 1.48. The summed E-state index contributed by atoms with van der Waals surface area (Å²) in [6, 6.07) is 0. The van der Waals surface area contributed by atoms with E-state index in [4.69, 9.17) is 0 Å². The van der Waals surface area contributed by atoms with E-state index < -0.39 is 10.0 Å². The number of nitrogens with zero attached hydrogens (tertiary/aromatic N) is 2. The molecule has 7 heteroatoms. The average Bonchev–Trinajstić information content (AvgIpc) is 2.31. The quantitative estimate of drug-likeness (QED) is 0.587. The molecule has 0 aliphatic carbocycles. The van der Waals surface area contributed by atoms with Crippen molar-refractivity contribution in [2.24, 2.45) is 4.40 Å². The summed E-state index contributed by atoms with van der Waals surface area (Å²) >= 11 is 4.23. The van der Waals surface area contributed by atoms with Crippen molar-refractivity contribution in [3.8, 4) is 0 Å². The van der Waals surface area contributed by atoms with Crippen molar-refractivity contribution >= 4 is 27.4 Å². The van der Waals surface area contributed by atoms with Gasteiger partial charge in [-0.1, -0.05) is 0 Å². The third kappa shape index (κ3) is 1.82. The predicted molar refractivity (Wildman–Crippen MR) is 50.3 cm³/mol. The second kappa shape index (κ2) is 3.37. The highest BCUT2D eigenvalue weighted by molar-refractivity contribution is 7.91. The van der Waals surface area contributed by atoms with Crippen LogP contribution in [0.4, 0.5) is 0 Å². The smallest absolute Gasteiger partial charge is 0.281 e. The molecule has 0 atom stereocenters. The summed E-state index contributed by atoms with van der Waals surface area (Å²) in [5, 5.41) is 8.12. The molecule has 0 amide bonds. The van der Waals surface area contributed by atoms with Crippen molar-refractivity contribution in [1.82, 2.24) is 10.2 Å². The standard InChI is InChI=1S/C6H7N3O2S2/c1-4-6(5(2)9-8-4)13(10,11)7-3-12/h1-2H3,(H,8,9). The van der Waals surface area contributed by atoms with E-state index in [2.05, 4.69) is 26.8 Å². The monoisotopic (exact) mass is 217 g/mol. The summed E-state index contributed by atoms with van der Waals surface area (Å²) in [7, 11) is -3.71. The Labute approximate surface area is 80.9 Å². The van der Waals surface area contributed by atoms with Crippen LogP contribution in [-0.2, 0) is 10.0 Å². The fraction of sp³-hybridized carbons (Fsp3) is 0.333. The number of hydrogen-bond acceptors (Lipinski definition) is 4. The van der Waals surface area contributed by atoms with Crippen LogP contribution in [0.3, 0.4) is 0 Å². The van der Waals surface area contributed by atoms with Gasteiger partial charge >= 0.3 is 0 Å². The van der Waals surface area contributed by atoms with Gasteiger partial charge in [0.15, 0.2) is 0 Å². The van der Waals surface area contributed by atoms with Crippen LogP contribution >= 0.6 is 12.2 Å². The Bertz CT molecular complexity index is 449. The van der Waals surface area contributed by atoms with Crippen LogP contribution in [0.25, 0.3) is 0 Å². The highest BCUT2D eigenvalue weighted by Crippen LogP contribution is 2.18. The first-order valence-corrected chi connectivity index (χ1v) is 5.19. The van der Waals surface area contributed by atoms with Gasteiger partial charge in [-0.2, -0.15) is 13.5 Å². The maximum absolute atomic E-state index is 11.4. The van der Waals surface area contributed by atoms with Crippen molar-refractivity contribution in [2.45, 2.75) is 18.7 Å². The summed E-state index contributed by atoms with van der Waals surface area (Å²) < 4.78 is 25.9. The maximum atomic E-state index is 11.4. The molecule has 1 N–H and O–H groups in total. The minimum Gasteiger partial charge on any atom is -0.281 e. The molecule has 0 saturated carbocycles. The lowest BCUT2D eigenvalue weighted by Crippen LogP contribution is -1.98. The number of sulfonamides is 1.